The Kier molecular flexibility index (Phi) is 5.36. The predicted octanol–water partition coefficient (Wildman–Crippen LogP) is 2.58. The van der Waals surface area contributed by atoms with E-state index in [-0.39, 0.29) is 5.91 Å². The second-order valence-electron chi connectivity index (χ2n) is 4.56. The molecule has 0 aliphatic heterocycles. The minimum atomic E-state index is -0.0627. The first-order chi connectivity index (χ1) is 8.52. The number of nitrogens with zero attached hydrogens (tertiary/aromatic N) is 1. The van der Waals surface area contributed by atoms with Gasteiger partial charge in [0.25, 0.3) is 0 Å². The molecule has 4 nitrogen and oxygen atoms in total. The molecule has 98 valence electrons. The van der Waals surface area contributed by atoms with Crippen LogP contribution < -0.4 is 10.2 Å². The third kappa shape index (κ3) is 4.57. The fraction of sp³-hybridized carbons (Fsp3) is 0.429. The van der Waals surface area contributed by atoms with Crippen molar-refractivity contribution in [2.75, 3.05) is 7.11 Å². The number of carbonyl (C=O) groups excluding carboxylic acids is 1. The summed E-state index contributed by atoms with van der Waals surface area (Å²) in [6, 6.07) is 7.57. The lowest BCUT2D eigenvalue weighted by Crippen LogP contribution is -2.20. The van der Waals surface area contributed by atoms with E-state index in [0.29, 0.717) is 12.3 Å². The summed E-state index contributed by atoms with van der Waals surface area (Å²) in [4.78, 5) is 11.5. The quantitative estimate of drug-likeness (QED) is 0.643. The van der Waals surface area contributed by atoms with E-state index in [0.717, 1.165) is 17.0 Å². The zero-order valence-electron chi connectivity index (χ0n) is 11.4. The number of nitrogens with one attached hydrogen (secondary N) is 1. The molecule has 0 saturated heterocycles. The Balaban J connectivity index is 2.68. The second-order valence-corrected chi connectivity index (χ2v) is 4.56. The molecule has 0 atom stereocenters. The van der Waals surface area contributed by atoms with E-state index in [2.05, 4.69) is 10.5 Å². The van der Waals surface area contributed by atoms with Crippen molar-refractivity contribution in [3.05, 3.63) is 29.8 Å². The van der Waals surface area contributed by atoms with Gasteiger partial charge >= 0.3 is 0 Å². The van der Waals surface area contributed by atoms with Crippen molar-refractivity contribution >= 4 is 11.6 Å². The molecule has 1 aromatic rings. The summed E-state index contributed by atoms with van der Waals surface area (Å²) in [6.45, 7) is 5.85. The number of benzene rings is 1. The summed E-state index contributed by atoms with van der Waals surface area (Å²) in [7, 11) is 1.62. The van der Waals surface area contributed by atoms with E-state index in [1.807, 2.05) is 45.0 Å². The molecule has 1 amide bonds. The Hall–Kier alpha value is -1.84. The van der Waals surface area contributed by atoms with Gasteiger partial charge in [0.1, 0.15) is 5.75 Å². The van der Waals surface area contributed by atoms with Crippen LogP contribution in [0.25, 0.3) is 0 Å². The lowest BCUT2D eigenvalue weighted by atomic mass is 10.1. The largest absolute Gasteiger partial charge is 0.497 e. The molecule has 0 aliphatic rings. The van der Waals surface area contributed by atoms with Crippen LogP contribution in [0, 0.1) is 5.92 Å². The van der Waals surface area contributed by atoms with Gasteiger partial charge in [0.05, 0.1) is 12.8 Å². The third-order valence-electron chi connectivity index (χ3n) is 2.43. The van der Waals surface area contributed by atoms with Crippen molar-refractivity contribution < 1.29 is 9.53 Å². The number of hydrogen-bond acceptors (Lipinski definition) is 3. The van der Waals surface area contributed by atoms with Gasteiger partial charge in [-0.1, -0.05) is 26.0 Å². The third-order valence-corrected chi connectivity index (χ3v) is 2.43. The topological polar surface area (TPSA) is 50.7 Å². The first-order valence-corrected chi connectivity index (χ1v) is 6.00. The van der Waals surface area contributed by atoms with E-state index in [1.54, 1.807) is 7.11 Å². The zero-order valence-corrected chi connectivity index (χ0v) is 11.4. The lowest BCUT2D eigenvalue weighted by molar-refractivity contribution is -0.121. The molecule has 0 radical (unpaired) electrons. The van der Waals surface area contributed by atoms with Gasteiger partial charge in [-0.25, -0.2) is 5.43 Å². The normalized spacial score (nSPS) is 11.5. The van der Waals surface area contributed by atoms with Crippen LogP contribution in [0.5, 0.6) is 5.75 Å². The second kappa shape index (κ2) is 6.79. The molecule has 0 spiro atoms. The Labute approximate surface area is 108 Å². The molecule has 0 saturated carbocycles. The van der Waals surface area contributed by atoms with Gasteiger partial charge in [0.15, 0.2) is 0 Å². The summed E-state index contributed by atoms with van der Waals surface area (Å²) in [5.41, 5.74) is 4.24. The maximum Gasteiger partial charge on any atom is 0.240 e. The maximum atomic E-state index is 11.5. The fourth-order valence-electron chi connectivity index (χ4n) is 1.48. The van der Waals surface area contributed by atoms with Crippen molar-refractivity contribution in [3.63, 3.8) is 0 Å². The van der Waals surface area contributed by atoms with E-state index in [4.69, 9.17) is 4.74 Å². The molecular weight excluding hydrogens is 228 g/mol. The summed E-state index contributed by atoms with van der Waals surface area (Å²) in [6.07, 6.45) is 0.481. The van der Waals surface area contributed by atoms with Crippen LogP contribution in [0.15, 0.2) is 29.4 Å². The summed E-state index contributed by atoms with van der Waals surface area (Å²) >= 11 is 0. The monoisotopic (exact) mass is 248 g/mol. The number of rotatable bonds is 5. The summed E-state index contributed by atoms with van der Waals surface area (Å²) in [5, 5.41) is 4.08. The molecular formula is C14H20N2O2. The van der Waals surface area contributed by atoms with Crippen LogP contribution in [0.3, 0.4) is 0 Å². The molecule has 0 aromatic heterocycles. The van der Waals surface area contributed by atoms with Crippen LogP contribution in [-0.4, -0.2) is 18.7 Å². The molecule has 0 aliphatic carbocycles. The number of hydrogen-bond donors (Lipinski definition) is 1. The molecule has 0 unspecified atom stereocenters. The summed E-state index contributed by atoms with van der Waals surface area (Å²) < 4.78 is 5.14. The highest BCUT2D eigenvalue weighted by molar-refractivity contribution is 5.99. The Morgan fingerprint density at radius 3 is 2.78 bits per heavy atom. The lowest BCUT2D eigenvalue weighted by Gasteiger charge is -2.06. The standard InChI is InChI=1S/C14H20N2O2/c1-10(2)8-14(17)16-15-11(3)12-6-5-7-13(9-12)18-4/h5-7,9-10H,8H2,1-4H3,(H,16,17)/b15-11-. The minimum Gasteiger partial charge on any atom is -0.497 e. The minimum absolute atomic E-state index is 0.0627. The number of hydrazone groups is 1. The SMILES string of the molecule is COc1cccc(/C(C)=N\NC(=O)CC(C)C)c1. The Morgan fingerprint density at radius 1 is 1.44 bits per heavy atom. The average Bonchev–Trinajstić information content (AvgIpc) is 2.35. The maximum absolute atomic E-state index is 11.5. The van der Waals surface area contributed by atoms with Crippen molar-refractivity contribution in [1.82, 2.24) is 5.43 Å². The number of methoxy groups -OCH3 is 1. The van der Waals surface area contributed by atoms with E-state index in [1.165, 1.54) is 0 Å². The summed E-state index contributed by atoms with van der Waals surface area (Å²) in [5.74, 6) is 1.04. The van der Waals surface area contributed by atoms with Crippen LogP contribution in [0.1, 0.15) is 32.8 Å². The van der Waals surface area contributed by atoms with Gasteiger partial charge in [0.2, 0.25) is 5.91 Å². The first-order valence-electron chi connectivity index (χ1n) is 6.00. The number of amides is 1. The van der Waals surface area contributed by atoms with Crippen LogP contribution in [0.4, 0.5) is 0 Å². The van der Waals surface area contributed by atoms with Gasteiger partial charge in [-0.3, -0.25) is 4.79 Å². The van der Waals surface area contributed by atoms with Gasteiger partial charge in [-0.2, -0.15) is 5.10 Å². The van der Waals surface area contributed by atoms with Gasteiger partial charge in [-0.05, 0) is 25.0 Å². The van der Waals surface area contributed by atoms with E-state index in [9.17, 15) is 4.79 Å². The highest BCUT2D eigenvalue weighted by atomic mass is 16.5. The molecule has 0 fully saturated rings. The average molecular weight is 248 g/mol. The van der Waals surface area contributed by atoms with Crippen molar-refractivity contribution in [2.45, 2.75) is 27.2 Å². The van der Waals surface area contributed by atoms with Crippen LogP contribution in [-0.2, 0) is 4.79 Å². The molecule has 4 heteroatoms. The predicted molar refractivity (Wildman–Crippen MR) is 72.8 cm³/mol. The molecule has 1 N–H and O–H groups in total. The van der Waals surface area contributed by atoms with Gasteiger partial charge in [-0.15, -0.1) is 0 Å². The highest BCUT2D eigenvalue weighted by Crippen LogP contribution is 2.13. The highest BCUT2D eigenvalue weighted by Gasteiger charge is 2.04. The molecule has 0 heterocycles. The Bertz CT molecular complexity index is 439. The van der Waals surface area contributed by atoms with Crippen molar-refractivity contribution in [3.8, 4) is 5.75 Å². The molecule has 0 bridgehead atoms. The smallest absolute Gasteiger partial charge is 0.240 e. The van der Waals surface area contributed by atoms with Gasteiger partial charge in [0, 0.05) is 12.0 Å². The molecule has 1 aromatic carbocycles. The van der Waals surface area contributed by atoms with E-state index >= 15 is 0 Å². The fourth-order valence-corrected chi connectivity index (χ4v) is 1.48. The van der Waals surface area contributed by atoms with Crippen LogP contribution >= 0.6 is 0 Å². The first kappa shape index (κ1) is 14.2. The van der Waals surface area contributed by atoms with Crippen LogP contribution in [0.2, 0.25) is 0 Å². The molecule has 1 rings (SSSR count). The molecule has 18 heavy (non-hydrogen) atoms. The van der Waals surface area contributed by atoms with Crippen molar-refractivity contribution in [1.29, 1.82) is 0 Å². The number of carbonyl (C=O) groups is 1. The Morgan fingerprint density at radius 2 is 2.17 bits per heavy atom. The zero-order chi connectivity index (χ0) is 13.5. The van der Waals surface area contributed by atoms with E-state index < -0.39 is 0 Å². The van der Waals surface area contributed by atoms with Gasteiger partial charge < -0.3 is 4.74 Å². The van der Waals surface area contributed by atoms with Crippen molar-refractivity contribution in [2.24, 2.45) is 11.0 Å². The number of ether oxygens (including phenoxy) is 1.